The van der Waals surface area contributed by atoms with Crippen LogP contribution in [0.4, 0.5) is 4.79 Å². The first-order valence-electron chi connectivity index (χ1n) is 7.92. The van der Waals surface area contributed by atoms with Crippen LogP contribution in [0.25, 0.3) is 0 Å². The molecule has 7 nitrogen and oxygen atoms in total. The number of nitrogens with zero attached hydrogens (tertiary/aromatic N) is 1. The summed E-state index contributed by atoms with van der Waals surface area (Å²) in [5.41, 5.74) is -1.94. The van der Waals surface area contributed by atoms with Crippen molar-refractivity contribution in [1.82, 2.24) is 10.2 Å². The maximum atomic E-state index is 12.8. The Morgan fingerprint density at radius 1 is 1.35 bits per heavy atom. The van der Waals surface area contributed by atoms with E-state index in [2.05, 4.69) is 5.32 Å². The minimum absolute atomic E-state index is 0.0878. The number of rotatable bonds is 3. The smallest absolute Gasteiger partial charge is 0.408 e. The molecule has 1 aromatic rings. The number of carboxylic acids is 1. The normalized spacial score (nSPS) is 20.0. The Bertz CT molecular complexity index is 749. The summed E-state index contributed by atoms with van der Waals surface area (Å²) in [6, 6.07) is 4.94. The third kappa shape index (κ3) is 4.79. The number of alkyl carbamates (subject to hydrolysis) is 1. The number of ether oxygens (including phenoxy) is 1. The predicted octanol–water partition coefficient (Wildman–Crippen LogP) is 3.14. The second kappa shape index (κ2) is 7.59. The maximum Gasteiger partial charge on any atom is 0.408 e. The second-order valence-electron chi connectivity index (χ2n) is 7.12. The number of carbonyl (C=O) groups is 3. The Hall–Kier alpha value is -1.55. The van der Waals surface area contributed by atoms with Crippen LogP contribution in [-0.4, -0.2) is 52.2 Å². The molecule has 1 heterocycles. The highest BCUT2D eigenvalue weighted by molar-refractivity contribution is 14.1. The van der Waals surface area contributed by atoms with Gasteiger partial charge >= 0.3 is 12.1 Å². The van der Waals surface area contributed by atoms with Crippen LogP contribution in [0.15, 0.2) is 18.2 Å². The van der Waals surface area contributed by atoms with E-state index in [1.54, 1.807) is 39.0 Å². The monoisotopic (exact) mass is 494 g/mol. The summed E-state index contributed by atoms with van der Waals surface area (Å²) in [6.07, 6.45) is -0.740. The second-order valence-corrected chi connectivity index (χ2v) is 8.71. The molecule has 1 fully saturated rings. The van der Waals surface area contributed by atoms with Gasteiger partial charge in [-0.1, -0.05) is 11.6 Å². The van der Waals surface area contributed by atoms with Gasteiger partial charge in [-0.15, -0.1) is 0 Å². The number of benzene rings is 1. The molecule has 0 spiro atoms. The molecule has 0 aromatic heterocycles. The quantitative estimate of drug-likeness (QED) is 0.630. The van der Waals surface area contributed by atoms with E-state index < -0.39 is 23.2 Å². The molecule has 2 N–H and O–H groups in total. The van der Waals surface area contributed by atoms with Gasteiger partial charge in [0.2, 0.25) is 0 Å². The lowest BCUT2D eigenvalue weighted by molar-refractivity contribution is -0.144. The minimum Gasteiger partial charge on any atom is -0.479 e. The van der Waals surface area contributed by atoms with Crippen molar-refractivity contribution in [2.24, 2.45) is 0 Å². The van der Waals surface area contributed by atoms with E-state index in [-0.39, 0.29) is 25.4 Å². The molecule has 0 radical (unpaired) electrons. The van der Waals surface area contributed by atoms with Crippen LogP contribution in [0.1, 0.15) is 37.6 Å². The summed E-state index contributed by atoms with van der Waals surface area (Å²) in [4.78, 5) is 38.0. The van der Waals surface area contributed by atoms with E-state index >= 15 is 0 Å². The van der Waals surface area contributed by atoms with Gasteiger partial charge in [-0.05, 0) is 61.6 Å². The highest BCUT2D eigenvalue weighted by Gasteiger charge is 2.48. The molecule has 26 heavy (non-hydrogen) atoms. The first-order valence-corrected chi connectivity index (χ1v) is 9.38. The molecule has 1 atom stereocenters. The van der Waals surface area contributed by atoms with E-state index in [4.69, 9.17) is 16.3 Å². The topological polar surface area (TPSA) is 95.9 Å². The van der Waals surface area contributed by atoms with Crippen molar-refractivity contribution in [2.45, 2.75) is 38.3 Å². The fourth-order valence-electron chi connectivity index (χ4n) is 2.64. The van der Waals surface area contributed by atoms with E-state index in [1.807, 2.05) is 22.6 Å². The third-order valence-corrected chi connectivity index (χ3v) is 5.04. The van der Waals surface area contributed by atoms with Crippen molar-refractivity contribution in [3.8, 4) is 0 Å². The van der Waals surface area contributed by atoms with Crippen molar-refractivity contribution in [3.63, 3.8) is 0 Å². The molecule has 0 saturated carbocycles. The number of halogens is 2. The maximum absolute atomic E-state index is 12.8. The fraction of sp³-hybridized carbons (Fsp3) is 0.471. The highest BCUT2D eigenvalue weighted by Crippen LogP contribution is 2.27. The Morgan fingerprint density at radius 2 is 2.00 bits per heavy atom. The molecule has 0 aliphatic carbocycles. The number of likely N-dealkylation sites (tertiary alicyclic amines) is 1. The lowest BCUT2D eigenvalue weighted by Gasteiger charge is -2.28. The molecule has 1 aliphatic rings. The standard InChI is InChI=1S/C17H20ClIN2O5/c1-16(2,3)26-15(25)20-17(14(23)24)6-7-21(9-17)13(22)11-8-10(18)4-5-12(11)19/h4-5,8H,6-7,9H2,1-3H3,(H,20,25)(H,23,24). The predicted molar refractivity (Wildman–Crippen MR) is 104 cm³/mol. The van der Waals surface area contributed by atoms with E-state index in [0.29, 0.717) is 14.2 Å². The van der Waals surface area contributed by atoms with Gasteiger partial charge in [0, 0.05) is 21.6 Å². The van der Waals surface area contributed by atoms with Gasteiger partial charge in [-0.2, -0.15) is 0 Å². The zero-order valence-corrected chi connectivity index (χ0v) is 17.6. The van der Waals surface area contributed by atoms with Gasteiger partial charge in [0.15, 0.2) is 5.54 Å². The van der Waals surface area contributed by atoms with Gasteiger partial charge in [-0.3, -0.25) is 4.79 Å². The molecule has 1 aliphatic heterocycles. The van der Waals surface area contributed by atoms with Crippen LogP contribution in [0.5, 0.6) is 0 Å². The summed E-state index contributed by atoms with van der Waals surface area (Å²) in [6.45, 7) is 5.11. The molecule has 1 unspecified atom stereocenters. The molecule has 2 amide bonds. The van der Waals surface area contributed by atoms with Gasteiger partial charge < -0.3 is 20.1 Å². The van der Waals surface area contributed by atoms with Gasteiger partial charge in [0.25, 0.3) is 5.91 Å². The average molecular weight is 495 g/mol. The molecule has 2 rings (SSSR count). The van der Waals surface area contributed by atoms with Gasteiger partial charge in [0.05, 0.1) is 12.1 Å². The van der Waals surface area contributed by atoms with Gasteiger partial charge in [0.1, 0.15) is 5.60 Å². The number of aliphatic carboxylic acids is 1. The lowest BCUT2D eigenvalue weighted by Crippen LogP contribution is -2.57. The van der Waals surface area contributed by atoms with Crippen LogP contribution in [-0.2, 0) is 9.53 Å². The Labute approximate surface area is 170 Å². The third-order valence-electron chi connectivity index (χ3n) is 3.86. The lowest BCUT2D eigenvalue weighted by atomic mass is 9.99. The molecular weight excluding hydrogens is 475 g/mol. The highest BCUT2D eigenvalue weighted by atomic mass is 127. The number of amides is 2. The molecular formula is C17H20ClIN2O5. The molecule has 142 valence electrons. The fourth-order valence-corrected chi connectivity index (χ4v) is 3.38. The minimum atomic E-state index is -1.58. The zero-order valence-electron chi connectivity index (χ0n) is 14.6. The molecule has 1 aromatic carbocycles. The SMILES string of the molecule is CC(C)(C)OC(=O)NC1(C(=O)O)CCN(C(=O)c2cc(Cl)ccc2I)C1. The van der Waals surface area contributed by atoms with Crippen LogP contribution in [0.2, 0.25) is 5.02 Å². The summed E-state index contributed by atoms with van der Waals surface area (Å²) >= 11 is 7.99. The summed E-state index contributed by atoms with van der Waals surface area (Å²) < 4.78 is 5.87. The molecule has 1 saturated heterocycles. The summed E-state index contributed by atoms with van der Waals surface area (Å²) in [7, 11) is 0. The van der Waals surface area contributed by atoms with Crippen molar-refractivity contribution in [1.29, 1.82) is 0 Å². The first kappa shape index (κ1) is 20.8. The Kier molecular flexibility index (Phi) is 6.06. The van der Waals surface area contributed by atoms with E-state index in [0.717, 1.165) is 0 Å². The first-order chi connectivity index (χ1) is 11.9. The van der Waals surface area contributed by atoms with E-state index in [1.165, 1.54) is 4.90 Å². The number of hydrogen-bond donors (Lipinski definition) is 2. The van der Waals surface area contributed by atoms with Crippen molar-refractivity contribution < 1.29 is 24.2 Å². The zero-order chi connectivity index (χ0) is 19.7. The summed E-state index contributed by atoms with van der Waals surface area (Å²) in [5, 5.41) is 12.5. The van der Waals surface area contributed by atoms with Crippen LogP contribution in [0.3, 0.4) is 0 Å². The van der Waals surface area contributed by atoms with Crippen molar-refractivity contribution >= 4 is 52.2 Å². The van der Waals surface area contributed by atoms with Crippen molar-refractivity contribution in [3.05, 3.63) is 32.4 Å². The Morgan fingerprint density at radius 3 is 2.58 bits per heavy atom. The number of nitrogens with one attached hydrogen (secondary N) is 1. The number of carbonyl (C=O) groups excluding carboxylic acids is 2. The number of hydrogen-bond acceptors (Lipinski definition) is 4. The van der Waals surface area contributed by atoms with Crippen molar-refractivity contribution in [2.75, 3.05) is 13.1 Å². The van der Waals surface area contributed by atoms with Crippen LogP contribution in [0, 0.1) is 3.57 Å². The number of carboxylic acid groups (broad SMARTS) is 1. The molecule has 9 heteroatoms. The van der Waals surface area contributed by atoms with Gasteiger partial charge in [-0.25, -0.2) is 9.59 Å². The van der Waals surface area contributed by atoms with E-state index in [9.17, 15) is 19.5 Å². The van der Waals surface area contributed by atoms with Crippen LogP contribution >= 0.6 is 34.2 Å². The summed E-state index contributed by atoms with van der Waals surface area (Å²) in [5.74, 6) is -1.54. The molecule has 0 bridgehead atoms. The Balaban J connectivity index is 2.19. The van der Waals surface area contributed by atoms with Crippen LogP contribution < -0.4 is 5.32 Å². The largest absolute Gasteiger partial charge is 0.479 e. The average Bonchev–Trinajstić information content (AvgIpc) is 2.92.